The van der Waals surface area contributed by atoms with Gasteiger partial charge in [0.05, 0.1) is 24.8 Å². The quantitative estimate of drug-likeness (QED) is 0.212. The average molecular weight is 579 g/mol. The zero-order valence-corrected chi connectivity index (χ0v) is 22.9. The van der Waals surface area contributed by atoms with Crippen molar-refractivity contribution in [3.8, 4) is 22.6 Å². The second-order valence-corrected chi connectivity index (χ2v) is 9.77. The first-order valence-corrected chi connectivity index (χ1v) is 12.8. The normalized spacial score (nSPS) is 10.9. The van der Waals surface area contributed by atoms with Crippen LogP contribution in [-0.4, -0.2) is 32.2 Å². The third-order valence-corrected chi connectivity index (χ3v) is 6.76. The number of esters is 1. The van der Waals surface area contributed by atoms with Gasteiger partial charge in [-0.3, -0.25) is 4.79 Å². The van der Waals surface area contributed by atoms with Crippen LogP contribution in [0.2, 0.25) is 5.02 Å². The Morgan fingerprint density at radius 1 is 1.14 bits per heavy atom. The van der Waals surface area contributed by atoms with Gasteiger partial charge in [-0.1, -0.05) is 23.7 Å². The predicted octanol–water partition coefficient (Wildman–Crippen LogP) is 7.38. The van der Waals surface area contributed by atoms with E-state index in [4.69, 9.17) is 25.8 Å². The van der Waals surface area contributed by atoms with Gasteiger partial charge in [0.25, 0.3) is 0 Å². The molecule has 0 aliphatic rings. The van der Waals surface area contributed by atoms with E-state index in [1.807, 2.05) is 32.0 Å². The Morgan fingerprint density at radius 3 is 2.49 bits per heavy atom. The van der Waals surface area contributed by atoms with Gasteiger partial charge in [-0.25, -0.2) is 4.79 Å². The van der Waals surface area contributed by atoms with Crippen LogP contribution in [0, 0.1) is 6.92 Å². The number of rotatable bonds is 9. The van der Waals surface area contributed by atoms with Gasteiger partial charge >= 0.3 is 5.97 Å². The molecule has 0 fully saturated rings. The molecule has 0 saturated carbocycles. The highest BCUT2D eigenvalue weighted by Gasteiger charge is 2.25. The van der Waals surface area contributed by atoms with E-state index in [1.165, 1.54) is 17.4 Å². The minimum Gasteiger partial charge on any atom is -0.493 e. The Hall–Kier alpha value is -2.81. The number of thiophene rings is 1. The number of anilines is 1. The topological polar surface area (TPSA) is 73.9 Å². The van der Waals surface area contributed by atoms with Gasteiger partial charge in [-0.2, -0.15) is 0 Å². The highest BCUT2D eigenvalue weighted by atomic mass is 79.9. The number of carbonyl (C=O) groups excluding carboxylic acids is 2. The molecule has 0 aliphatic heterocycles. The second kappa shape index (κ2) is 12.2. The maximum Gasteiger partial charge on any atom is 0.341 e. The molecule has 0 unspecified atom stereocenters. The summed E-state index contributed by atoms with van der Waals surface area (Å²) in [5, 5.41) is 3.85. The number of nitrogens with one attached hydrogen (secondary N) is 1. The molecular weight excluding hydrogens is 554 g/mol. The van der Waals surface area contributed by atoms with E-state index in [0.717, 1.165) is 16.0 Å². The summed E-state index contributed by atoms with van der Waals surface area (Å²) in [4.78, 5) is 26.5. The minimum absolute atomic E-state index is 0.218. The Balaban J connectivity index is 1.91. The molecule has 1 N–H and O–H groups in total. The molecule has 9 heteroatoms. The third-order valence-electron chi connectivity index (χ3n) is 4.90. The number of aryl methyl sites for hydroxylation is 1. The molecular formula is C26H25BrClNO5S. The molecule has 184 valence electrons. The van der Waals surface area contributed by atoms with Gasteiger partial charge < -0.3 is 19.5 Å². The number of ether oxygens (including phenoxy) is 3. The summed E-state index contributed by atoms with van der Waals surface area (Å²) in [7, 11) is 1.55. The van der Waals surface area contributed by atoms with Crippen molar-refractivity contribution in [1.29, 1.82) is 0 Å². The number of methoxy groups -OCH3 is 1. The first-order valence-electron chi connectivity index (χ1n) is 10.8. The van der Waals surface area contributed by atoms with Crippen LogP contribution in [-0.2, 0) is 9.53 Å². The molecule has 3 rings (SSSR count). The molecule has 0 saturated heterocycles. The van der Waals surface area contributed by atoms with Crippen molar-refractivity contribution in [2.24, 2.45) is 0 Å². The van der Waals surface area contributed by atoms with E-state index in [0.29, 0.717) is 43.7 Å². The van der Waals surface area contributed by atoms with E-state index in [9.17, 15) is 9.59 Å². The maximum absolute atomic E-state index is 12.9. The Bertz CT molecular complexity index is 1250. The molecule has 1 aromatic heterocycles. The van der Waals surface area contributed by atoms with Gasteiger partial charge in [0.15, 0.2) is 11.5 Å². The smallest absolute Gasteiger partial charge is 0.341 e. The zero-order chi connectivity index (χ0) is 25.5. The largest absolute Gasteiger partial charge is 0.493 e. The first-order chi connectivity index (χ1) is 16.8. The summed E-state index contributed by atoms with van der Waals surface area (Å²) >= 11 is 10.8. The molecule has 35 heavy (non-hydrogen) atoms. The van der Waals surface area contributed by atoms with Crippen molar-refractivity contribution >= 4 is 61.8 Å². The fraction of sp³-hybridized carbons (Fsp3) is 0.231. The molecule has 1 heterocycles. The summed E-state index contributed by atoms with van der Waals surface area (Å²) in [6.45, 7) is 6.23. The van der Waals surface area contributed by atoms with E-state index < -0.39 is 5.97 Å². The highest BCUT2D eigenvalue weighted by molar-refractivity contribution is 9.10. The van der Waals surface area contributed by atoms with Gasteiger partial charge in [0.1, 0.15) is 10.6 Å². The SMILES string of the molecule is CCOC(=O)c1c(NC(=O)/C=C/c2cc(Br)c(OCC)c(OC)c2)sc(C)c1-c1ccc(Cl)cc1. The van der Waals surface area contributed by atoms with Gasteiger partial charge in [-0.05, 0) is 78.2 Å². The van der Waals surface area contributed by atoms with E-state index in [1.54, 1.807) is 38.3 Å². The van der Waals surface area contributed by atoms with Crippen LogP contribution in [0.25, 0.3) is 17.2 Å². The summed E-state index contributed by atoms with van der Waals surface area (Å²) in [5.74, 6) is 0.261. The van der Waals surface area contributed by atoms with Crippen molar-refractivity contribution in [1.82, 2.24) is 0 Å². The second-order valence-electron chi connectivity index (χ2n) is 7.25. The number of amides is 1. The van der Waals surface area contributed by atoms with Crippen LogP contribution in [0.5, 0.6) is 11.5 Å². The molecule has 0 spiro atoms. The van der Waals surface area contributed by atoms with Crippen molar-refractivity contribution in [2.45, 2.75) is 20.8 Å². The molecule has 2 aromatic carbocycles. The number of halogens is 2. The zero-order valence-electron chi connectivity index (χ0n) is 19.7. The van der Waals surface area contributed by atoms with Crippen molar-refractivity contribution in [3.63, 3.8) is 0 Å². The third kappa shape index (κ3) is 6.45. The monoisotopic (exact) mass is 577 g/mol. The molecule has 0 atom stereocenters. The van der Waals surface area contributed by atoms with Gasteiger partial charge in [-0.15, -0.1) is 11.3 Å². The van der Waals surface area contributed by atoms with Crippen LogP contribution in [0.3, 0.4) is 0 Å². The Labute approximate surface area is 222 Å². The average Bonchev–Trinajstić information content (AvgIpc) is 3.15. The molecule has 3 aromatic rings. The molecule has 0 bridgehead atoms. The van der Waals surface area contributed by atoms with Crippen molar-refractivity contribution in [3.05, 3.63) is 68.0 Å². The molecule has 1 amide bonds. The predicted molar refractivity (Wildman–Crippen MR) is 145 cm³/mol. The van der Waals surface area contributed by atoms with Crippen molar-refractivity contribution < 1.29 is 23.8 Å². The minimum atomic E-state index is -0.499. The lowest BCUT2D eigenvalue weighted by molar-refractivity contribution is -0.111. The van der Waals surface area contributed by atoms with Gasteiger partial charge in [0, 0.05) is 21.5 Å². The fourth-order valence-corrected chi connectivity index (χ4v) is 5.21. The fourth-order valence-electron chi connectivity index (χ4n) is 3.44. The van der Waals surface area contributed by atoms with Crippen LogP contribution in [0.4, 0.5) is 5.00 Å². The lowest BCUT2D eigenvalue weighted by Gasteiger charge is -2.12. The summed E-state index contributed by atoms with van der Waals surface area (Å²) in [5.41, 5.74) is 2.59. The molecule has 0 aliphatic carbocycles. The lowest BCUT2D eigenvalue weighted by Crippen LogP contribution is -2.12. The Kier molecular flexibility index (Phi) is 9.37. The standard InChI is InChI=1S/C26H25BrClNO5S/c1-5-33-24-19(27)13-16(14-20(24)32-4)7-12-21(30)29-25-23(26(31)34-6-2)22(15(3)35-25)17-8-10-18(28)11-9-17/h7-14H,5-6H2,1-4H3,(H,29,30)/b12-7+. The van der Waals surface area contributed by atoms with Crippen LogP contribution in [0.1, 0.15) is 34.6 Å². The maximum atomic E-state index is 12.9. The summed E-state index contributed by atoms with van der Waals surface area (Å²) in [6, 6.07) is 10.8. The van der Waals surface area contributed by atoms with E-state index >= 15 is 0 Å². The number of hydrogen-bond donors (Lipinski definition) is 1. The molecule has 0 radical (unpaired) electrons. The lowest BCUT2D eigenvalue weighted by atomic mass is 10.0. The first kappa shape index (κ1) is 26.8. The Morgan fingerprint density at radius 2 is 1.86 bits per heavy atom. The summed E-state index contributed by atoms with van der Waals surface area (Å²) in [6.07, 6.45) is 3.05. The van der Waals surface area contributed by atoms with Crippen LogP contribution >= 0.6 is 38.9 Å². The number of benzene rings is 2. The van der Waals surface area contributed by atoms with Gasteiger partial charge in [0.2, 0.25) is 5.91 Å². The van der Waals surface area contributed by atoms with E-state index in [-0.39, 0.29) is 12.5 Å². The number of hydrogen-bond acceptors (Lipinski definition) is 6. The highest BCUT2D eigenvalue weighted by Crippen LogP contribution is 2.41. The summed E-state index contributed by atoms with van der Waals surface area (Å²) < 4.78 is 17.0. The van der Waals surface area contributed by atoms with E-state index in [2.05, 4.69) is 21.2 Å². The van der Waals surface area contributed by atoms with Crippen LogP contribution in [0.15, 0.2) is 46.9 Å². The van der Waals surface area contributed by atoms with Crippen molar-refractivity contribution in [2.75, 3.05) is 25.6 Å². The van der Waals surface area contributed by atoms with Crippen LogP contribution < -0.4 is 14.8 Å². The molecule has 6 nitrogen and oxygen atoms in total. The number of carbonyl (C=O) groups is 2.